The fourth-order valence-corrected chi connectivity index (χ4v) is 6.80. The minimum atomic E-state index is -4.53. The molecule has 7 rings (SSSR count). The number of aryl methyl sites for hydroxylation is 1. The topological polar surface area (TPSA) is 98.4 Å². The van der Waals surface area contributed by atoms with Crippen molar-refractivity contribution in [3.63, 3.8) is 0 Å². The van der Waals surface area contributed by atoms with Gasteiger partial charge in [0.2, 0.25) is 0 Å². The zero-order valence-corrected chi connectivity index (χ0v) is 29.4. The molecule has 0 aliphatic carbocycles. The summed E-state index contributed by atoms with van der Waals surface area (Å²) in [5, 5.41) is 15.4. The predicted molar refractivity (Wildman–Crippen MR) is 185 cm³/mol. The molecular formula is C38H45F3N4O5. The summed E-state index contributed by atoms with van der Waals surface area (Å²) < 4.78 is 62.3. The van der Waals surface area contributed by atoms with Crippen molar-refractivity contribution in [3.8, 4) is 28.1 Å². The molecule has 1 N–H and O–H groups in total. The molecule has 2 atom stereocenters. The fraction of sp³-hybridized carbons (Fsp3) is 0.500. The van der Waals surface area contributed by atoms with Crippen molar-refractivity contribution in [1.82, 2.24) is 14.6 Å². The summed E-state index contributed by atoms with van der Waals surface area (Å²) in [6.07, 6.45) is -2.27. The number of hydrogen-bond donors (Lipinski definition) is 1. The van der Waals surface area contributed by atoms with E-state index in [1.54, 1.807) is 29.6 Å². The maximum absolute atomic E-state index is 13.9. The first-order valence-corrected chi connectivity index (χ1v) is 17.2. The van der Waals surface area contributed by atoms with Crippen molar-refractivity contribution < 1.29 is 37.3 Å². The summed E-state index contributed by atoms with van der Waals surface area (Å²) in [7, 11) is 0. The van der Waals surface area contributed by atoms with Gasteiger partial charge in [0.1, 0.15) is 11.6 Å². The minimum absolute atomic E-state index is 0.227. The number of carbonyl (C=O) groups is 1. The number of rotatable bonds is 3. The number of halogens is 3. The molecule has 1 saturated heterocycles. The molecule has 12 heteroatoms. The molecule has 268 valence electrons. The maximum Gasteiger partial charge on any atom is 0.416 e. The zero-order valence-electron chi connectivity index (χ0n) is 29.4. The van der Waals surface area contributed by atoms with Crippen LogP contribution >= 0.6 is 0 Å². The van der Waals surface area contributed by atoms with Crippen LogP contribution in [0.5, 0.6) is 5.75 Å². The van der Waals surface area contributed by atoms with Gasteiger partial charge in [0.25, 0.3) is 0 Å². The molecule has 3 aliphatic heterocycles. The van der Waals surface area contributed by atoms with Crippen molar-refractivity contribution in [1.29, 1.82) is 0 Å². The van der Waals surface area contributed by atoms with E-state index in [4.69, 9.17) is 24.3 Å². The monoisotopic (exact) mass is 694 g/mol. The smallest absolute Gasteiger partial charge is 0.416 e. The van der Waals surface area contributed by atoms with Gasteiger partial charge in [-0.1, -0.05) is 18.2 Å². The van der Waals surface area contributed by atoms with E-state index in [-0.39, 0.29) is 11.7 Å². The molecule has 0 saturated carbocycles. The normalized spacial score (nSPS) is 21.1. The molecule has 2 aromatic carbocycles. The van der Waals surface area contributed by atoms with E-state index in [2.05, 4.69) is 11.8 Å². The predicted octanol–water partition coefficient (Wildman–Crippen LogP) is 8.66. The Bertz CT molecular complexity index is 1870. The molecule has 2 unspecified atom stereocenters. The van der Waals surface area contributed by atoms with Gasteiger partial charge < -0.3 is 24.2 Å². The highest BCUT2D eigenvalue weighted by Crippen LogP contribution is 2.41. The molecule has 4 aromatic rings. The number of benzene rings is 2. The van der Waals surface area contributed by atoms with Gasteiger partial charge in [-0.2, -0.15) is 22.8 Å². The van der Waals surface area contributed by atoms with Crippen LogP contribution in [0.3, 0.4) is 0 Å². The van der Waals surface area contributed by atoms with Gasteiger partial charge >= 0.3 is 12.1 Å². The molecule has 9 nitrogen and oxygen atoms in total. The Morgan fingerprint density at radius 2 is 1.78 bits per heavy atom. The fourth-order valence-electron chi connectivity index (χ4n) is 6.80. The Kier molecular flexibility index (Phi) is 9.64. The largest absolute Gasteiger partial charge is 0.490 e. The lowest BCUT2D eigenvalue weighted by atomic mass is 9.92. The quantitative estimate of drug-likeness (QED) is 0.228. The lowest BCUT2D eigenvalue weighted by Crippen LogP contribution is -2.46. The molecule has 2 aromatic heterocycles. The first-order valence-electron chi connectivity index (χ1n) is 17.2. The Hall–Kier alpha value is -4.16. The summed E-state index contributed by atoms with van der Waals surface area (Å²) in [6, 6.07) is 12.6. The number of aliphatic carboxylic acids is 1. The van der Waals surface area contributed by atoms with Crippen LogP contribution in [-0.4, -0.2) is 62.7 Å². The van der Waals surface area contributed by atoms with Gasteiger partial charge in [0, 0.05) is 42.6 Å². The molecule has 1 fully saturated rings. The second-order valence-electron chi connectivity index (χ2n) is 14.7. The first-order chi connectivity index (χ1) is 23.5. The summed E-state index contributed by atoms with van der Waals surface area (Å²) in [5.41, 5.74) is 1.60. The number of ether oxygens (including phenoxy) is 3. The van der Waals surface area contributed by atoms with Crippen LogP contribution in [-0.2, 0) is 20.4 Å². The third-order valence-corrected chi connectivity index (χ3v) is 9.44. The maximum atomic E-state index is 13.9. The van der Waals surface area contributed by atoms with Crippen LogP contribution in [0.2, 0.25) is 0 Å². The van der Waals surface area contributed by atoms with Gasteiger partial charge in [0.15, 0.2) is 11.8 Å². The van der Waals surface area contributed by atoms with Crippen LogP contribution < -0.4 is 9.64 Å². The van der Waals surface area contributed by atoms with Crippen LogP contribution in [0.25, 0.3) is 28.0 Å². The van der Waals surface area contributed by atoms with Gasteiger partial charge in [-0.15, -0.1) is 0 Å². The van der Waals surface area contributed by atoms with Crippen molar-refractivity contribution in [3.05, 3.63) is 65.4 Å². The van der Waals surface area contributed by atoms with Crippen LogP contribution in [0.15, 0.2) is 48.5 Å². The molecule has 6 bridgehead atoms. The molecule has 5 heterocycles. The molecule has 0 spiro atoms. The molecular weight excluding hydrogens is 649 g/mol. The highest BCUT2D eigenvalue weighted by molar-refractivity contribution is 5.80. The number of anilines is 1. The van der Waals surface area contributed by atoms with E-state index in [9.17, 15) is 23.1 Å². The average molecular weight is 695 g/mol. The first kappa shape index (κ1) is 35.7. The van der Waals surface area contributed by atoms with Gasteiger partial charge in [0.05, 0.1) is 34.1 Å². The zero-order chi connectivity index (χ0) is 36.0. The molecule has 0 amide bonds. The number of carboxylic acids is 1. The average Bonchev–Trinajstić information content (AvgIpc) is 3.46. The summed E-state index contributed by atoms with van der Waals surface area (Å²) in [5.74, 6) is -0.181. The second kappa shape index (κ2) is 13.5. The number of piperidine rings is 1. The lowest BCUT2D eigenvalue weighted by molar-refractivity contribution is -0.160. The third-order valence-electron chi connectivity index (χ3n) is 9.44. The number of nitrogens with zero attached hydrogens (tertiary/aromatic N) is 4. The van der Waals surface area contributed by atoms with E-state index in [0.717, 1.165) is 37.8 Å². The van der Waals surface area contributed by atoms with Gasteiger partial charge in [-0.3, -0.25) is 0 Å². The highest BCUT2D eigenvalue weighted by atomic mass is 19.4. The Morgan fingerprint density at radius 1 is 1.06 bits per heavy atom. The molecule has 3 aliphatic rings. The number of alkyl halides is 3. The highest BCUT2D eigenvalue weighted by Gasteiger charge is 2.38. The van der Waals surface area contributed by atoms with Crippen molar-refractivity contribution >= 4 is 17.4 Å². The van der Waals surface area contributed by atoms with Crippen LogP contribution in [0, 0.1) is 6.92 Å². The van der Waals surface area contributed by atoms with Crippen LogP contribution in [0.1, 0.15) is 89.6 Å². The standard InChI is InChI=1S/C38H45F3N4O5/c1-23-10-7-8-19-48-37(6)15-17-44(18-16-37)34-32(33(35(46)47)50-36(3,4)5)24(2)42-31-22-29(43-45(31)34)26-12-9-11-25(20-26)28-21-27(38(39,40)41)13-14-30(28)49-23/h9,11-14,20-23,33H,7-8,10,15-19H2,1-6H3,(H,46,47). The summed E-state index contributed by atoms with van der Waals surface area (Å²) in [4.78, 5) is 19.8. The van der Waals surface area contributed by atoms with E-state index < -0.39 is 29.4 Å². The SMILES string of the molecule is Cc1nc2cc3nn2c(c1C(OC(C)(C)C)C(=O)O)N1CCC(C)(CC1)OCCCCC(C)Oc1ccc(C(F)(F)F)cc1-c1cccc-3c1. The van der Waals surface area contributed by atoms with Gasteiger partial charge in [-0.25, -0.2) is 9.78 Å². The van der Waals surface area contributed by atoms with Crippen molar-refractivity contribution in [2.75, 3.05) is 24.6 Å². The number of fused-ring (bicyclic) bond motifs is 8. The van der Waals surface area contributed by atoms with E-state index >= 15 is 0 Å². The Labute approximate surface area is 290 Å². The molecule has 50 heavy (non-hydrogen) atoms. The second-order valence-corrected chi connectivity index (χ2v) is 14.7. The Morgan fingerprint density at radius 3 is 2.46 bits per heavy atom. The summed E-state index contributed by atoms with van der Waals surface area (Å²) >= 11 is 0. The summed E-state index contributed by atoms with van der Waals surface area (Å²) in [6.45, 7) is 13.0. The van der Waals surface area contributed by atoms with E-state index in [1.165, 1.54) is 6.07 Å². The molecule has 0 radical (unpaired) electrons. The van der Waals surface area contributed by atoms with Crippen LogP contribution in [0.4, 0.5) is 19.0 Å². The minimum Gasteiger partial charge on any atom is -0.490 e. The Balaban J connectivity index is 1.55. The van der Waals surface area contributed by atoms with Gasteiger partial charge in [-0.05, 0) is 103 Å². The van der Waals surface area contributed by atoms with E-state index in [0.29, 0.717) is 77.0 Å². The van der Waals surface area contributed by atoms with Crippen molar-refractivity contribution in [2.24, 2.45) is 0 Å². The third kappa shape index (κ3) is 7.61. The number of aromatic nitrogens is 3. The lowest BCUT2D eigenvalue weighted by Gasteiger charge is -2.41. The van der Waals surface area contributed by atoms with E-state index in [1.807, 2.05) is 39.8 Å². The number of hydrogen-bond acceptors (Lipinski definition) is 7. The van der Waals surface area contributed by atoms with Crippen molar-refractivity contribution in [2.45, 2.75) is 103 Å². The number of carboxylic acid groups (broad SMARTS) is 1.